The molecule has 7 heteroatoms. The first kappa shape index (κ1) is 18.4. The zero-order valence-corrected chi connectivity index (χ0v) is 14.1. The lowest BCUT2D eigenvalue weighted by Gasteiger charge is -2.39. The van der Waals surface area contributed by atoms with Crippen molar-refractivity contribution < 1.29 is 22.7 Å². The van der Waals surface area contributed by atoms with Crippen LogP contribution in [-0.4, -0.2) is 38.0 Å². The lowest BCUT2D eigenvalue weighted by atomic mass is 9.69. The van der Waals surface area contributed by atoms with Gasteiger partial charge in [0.05, 0.1) is 0 Å². The molecule has 2 bridgehead atoms. The van der Waals surface area contributed by atoms with Gasteiger partial charge in [0.25, 0.3) is 0 Å². The summed E-state index contributed by atoms with van der Waals surface area (Å²) in [5, 5.41) is 5.75. The number of carbonyl (C=O) groups is 1. The van der Waals surface area contributed by atoms with E-state index in [2.05, 4.69) is 36.1 Å². The van der Waals surface area contributed by atoms with Crippen LogP contribution in [0.1, 0.15) is 46.5 Å². The number of ether oxygens (including phenoxy) is 1. The largest absolute Gasteiger partial charge is 0.411 e. The number of nitrogens with one attached hydrogen (secondary N) is 2. The van der Waals surface area contributed by atoms with Crippen LogP contribution in [0, 0.1) is 16.7 Å². The van der Waals surface area contributed by atoms with Crippen LogP contribution in [0.2, 0.25) is 0 Å². The molecule has 0 aromatic carbocycles. The van der Waals surface area contributed by atoms with Crippen LogP contribution >= 0.6 is 0 Å². The third-order valence-electron chi connectivity index (χ3n) is 6.12. The fourth-order valence-corrected chi connectivity index (χ4v) is 4.20. The molecular weight excluding hydrogens is 309 g/mol. The van der Waals surface area contributed by atoms with Gasteiger partial charge in [0.2, 0.25) is 0 Å². The Bertz CT molecular complexity index is 440. The number of alkyl halides is 3. The summed E-state index contributed by atoms with van der Waals surface area (Å²) in [6.07, 6.45) is -0.583. The minimum atomic E-state index is -4.30. The Balaban J connectivity index is 1.65. The first-order valence-electron chi connectivity index (χ1n) is 8.25. The van der Waals surface area contributed by atoms with Crippen LogP contribution in [-0.2, 0) is 4.74 Å². The lowest BCUT2D eigenvalue weighted by Crippen LogP contribution is -2.50. The molecule has 2 aliphatic carbocycles. The van der Waals surface area contributed by atoms with Crippen LogP contribution in [0.5, 0.6) is 0 Å². The molecule has 2 saturated carbocycles. The fourth-order valence-electron chi connectivity index (χ4n) is 4.20. The van der Waals surface area contributed by atoms with Gasteiger partial charge in [-0.3, -0.25) is 0 Å². The van der Waals surface area contributed by atoms with Crippen molar-refractivity contribution in [2.75, 3.05) is 19.8 Å². The van der Waals surface area contributed by atoms with Crippen LogP contribution in [0.3, 0.4) is 0 Å². The molecule has 0 aromatic heterocycles. The summed E-state index contributed by atoms with van der Waals surface area (Å²) in [6, 6.07) is -0.0758. The molecule has 2 amide bonds. The highest BCUT2D eigenvalue weighted by molar-refractivity contribution is 5.74. The number of hydrogen-bond donors (Lipinski definition) is 2. The van der Waals surface area contributed by atoms with E-state index in [-0.39, 0.29) is 29.5 Å². The quantitative estimate of drug-likeness (QED) is 0.730. The normalized spacial score (nSPS) is 32.1. The van der Waals surface area contributed by atoms with Gasteiger partial charge < -0.3 is 15.4 Å². The first-order chi connectivity index (χ1) is 10.6. The van der Waals surface area contributed by atoms with Gasteiger partial charge in [0.15, 0.2) is 0 Å². The summed E-state index contributed by atoms with van der Waals surface area (Å²) in [5.41, 5.74) is 0.348. The van der Waals surface area contributed by atoms with E-state index in [1.165, 1.54) is 6.42 Å². The van der Waals surface area contributed by atoms with Gasteiger partial charge in [0, 0.05) is 19.2 Å². The molecule has 3 atom stereocenters. The Morgan fingerprint density at radius 3 is 2.52 bits per heavy atom. The zero-order valence-electron chi connectivity index (χ0n) is 14.1. The van der Waals surface area contributed by atoms with E-state index in [1.807, 2.05) is 0 Å². The SMILES string of the molecule is CC1(C)[C@H]2CC[C@@]1(C)[C@@H](NC(=O)NCCCOCC(F)(F)F)C2. The monoisotopic (exact) mass is 336 g/mol. The second-order valence-electron chi connectivity index (χ2n) is 7.58. The van der Waals surface area contributed by atoms with Crippen LogP contribution < -0.4 is 10.6 Å². The molecule has 2 aliphatic rings. The van der Waals surface area contributed by atoms with E-state index >= 15 is 0 Å². The number of carbonyl (C=O) groups excluding carboxylic acids is 1. The molecular formula is C16H27F3N2O2. The zero-order chi connectivity index (χ0) is 17.3. The van der Waals surface area contributed by atoms with Crippen LogP contribution in [0.4, 0.5) is 18.0 Å². The number of rotatable bonds is 6. The maximum Gasteiger partial charge on any atom is 0.411 e. The standard InChI is InChI=1S/C16H27F3N2O2/c1-14(2)11-5-6-15(14,3)12(9-11)21-13(22)20-7-4-8-23-10-16(17,18)19/h11-12H,4-10H2,1-3H3,(H2,20,21,22)/t11-,12-,15-/m0/s1. The number of urea groups is 1. The Hall–Kier alpha value is -0.980. The van der Waals surface area contributed by atoms with E-state index in [0.717, 1.165) is 12.8 Å². The van der Waals surface area contributed by atoms with Crippen molar-refractivity contribution in [3.05, 3.63) is 0 Å². The smallest absolute Gasteiger partial charge is 0.372 e. The molecule has 0 aliphatic heterocycles. The average Bonchev–Trinajstić information content (AvgIpc) is 2.74. The minimum Gasteiger partial charge on any atom is -0.372 e. The van der Waals surface area contributed by atoms with Gasteiger partial charge in [-0.2, -0.15) is 13.2 Å². The van der Waals surface area contributed by atoms with Crippen molar-refractivity contribution in [2.45, 2.75) is 58.7 Å². The van der Waals surface area contributed by atoms with E-state index in [0.29, 0.717) is 18.9 Å². The van der Waals surface area contributed by atoms with Crippen molar-refractivity contribution in [1.82, 2.24) is 10.6 Å². The molecule has 0 saturated heterocycles. The minimum absolute atomic E-state index is 0.0178. The topological polar surface area (TPSA) is 50.4 Å². The summed E-state index contributed by atoms with van der Waals surface area (Å²) >= 11 is 0. The van der Waals surface area contributed by atoms with E-state index < -0.39 is 12.8 Å². The summed E-state index contributed by atoms with van der Waals surface area (Å²) in [5.74, 6) is 0.647. The maximum atomic E-state index is 12.0. The molecule has 2 N–H and O–H groups in total. The fraction of sp³-hybridized carbons (Fsp3) is 0.938. The van der Waals surface area contributed by atoms with Crippen molar-refractivity contribution in [2.24, 2.45) is 16.7 Å². The molecule has 0 aromatic rings. The second kappa shape index (κ2) is 6.49. The molecule has 2 rings (SSSR count). The molecule has 134 valence electrons. The number of amides is 2. The predicted molar refractivity (Wildman–Crippen MR) is 81.0 cm³/mol. The van der Waals surface area contributed by atoms with Gasteiger partial charge in [-0.15, -0.1) is 0 Å². The molecule has 4 nitrogen and oxygen atoms in total. The maximum absolute atomic E-state index is 12.0. The summed E-state index contributed by atoms with van der Waals surface area (Å²) in [7, 11) is 0. The van der Waals surface area contributed by atoms with Crippen molar-refractivity contribution >= 4 is 6.03 Å². The van der Waals surface area contributed by atoms with Gasteiger partial charge in [-0.25, -0.2) is 4.79 Å². The third kappa shape index (κ3) is 3.92. The molecule has 2 fully saturated rings. The van der Waals surface area contributed by atoms with Gasteiger partial charge in [-0.1, -0.05) is 20.8 Å². The van der Waals surface area contributed by atoms with Crippen molar-refractivity contribution in [3.63, 3.8) is 0 Å². The first-order valence-corrected chi connectivity index (χ1v) is 8.25. The predicted octanol–water partition coefficient (Wildman–Crippen LogP) is 3.47. The third-order valence-corrected chi connectivity index (χ3v) is 6.12. The average molecular weight is 336 g/mol. The molecule has 0 heterocycles. The van der Waals surface area contributed by atoms with E-state index in [4.69, 9.17) is 0 Å². The molecule has 0 spiro atoms. The van der Waals surface area contributed by atoms with Crippen molar-refractivity contribution in [1.29, 1.82) is 0 Å². The Morgan fingerprint density at radius 2 is 2.00 bits per heavy atom. The van der Waals surface area contributed by atoms with Crippen molar-refractivity contribution in [3.8, 4) is 0 Å². The number of halogens is 3. The Morgan fingerprint density at radius 1 is 1.30 bits per heavy atom. The second-order valence-corrected chi connectivity index (χ2v) is 7.58. The highest BCUT2D eigenvalue weighted by atomic mass is 19.4. The Kier molecular flexibility index (Phi) is 5.18. The molecule has 0 radical (unpaired) electrons. The molecule has 23 heavy (non-hydrogen) atoms. The van der Waals surface area contributed by atoms with Gasteiger partial charge in [-0.05, 0) is 42.4 Å². The van der Waals surface area contributed by atoms with E-state index in [1.54, 1.807) is 0 Å². The summed E-state index contributed by atoms with van der Waals surface area (Å²) in [6.45, 7) is 5.85. The van der Waals surface area contributed by atoms with Crippen LogP contribution in [0.25, 0.3) is 0 Å². The Labute approximate surface area is 135 Å². The molecule has 0 unspecified atom stereocenters. The van der Waals surface area contributed by atoms with Gasteiger partial charge >= 0.3 is 12.2 Å². The van der Waals surface area contributed by atoms with Crippen LogP contribution in [0.15, 0.2) is 0 Å². The summed E-state index contributed by atoms with van der Waals surface area (Å²) < 4.78 is 40.2. The van der Waals surface area contributed by atoms with Gasteiger partial charge in [0.1, 0.15) is 6.61 Å². The number of fused-ring (bicyclic) bond motifs is 2. The van der Waals surface area contributed by atoms with E-state index in [9.17, 15) is 18.0 Å². The highest BCUT2D eigenvalue weighted by Gasteiger charge is 2.61. The lowest BCUT2D eigenvalue weighted by molar-refractivity contribution is -0.173. The number of hydrogen-bond acceptors (Lipinski definition) is 2. The highest BCUT2D eigenvalue weighted by Crippen LogP contribution is 2.65. The summed E-state index contributed by atoms with van der Waals surface area (Å²) in [4.78, 5) is 12.0.